The Morgan fingerprint density at radius 1 is 1.39 bits per heavy atom. The van der Waals surface area contributed by atoms with Crippen LogP contribution in [0.1, 0.15) is 25.8 Å². The van der Waals surface area contributed by atoms with E-state index in [9.17, 15) is 0 Å². The summed E-state index contributed by atoms with van der Waals surface area (Å²) in [6.45, 7) is 7.07. The molecule has 0 fully saturated rings. The van der Waals surface area contributed by atoms with Crippen molar-refractivity contribution in [3.63, 3.8) is 0 Å². The van der Waals surface area contributed by atoms with Crippen molar-refractivity contribution in [1.82, 2.24) is 14.6 Å². The minimum atomic E-state index is 0.263. The van der Waals surface area contributed by atoms with Gasteiger partial charge in [0.05, 0.1) is 0 Å². The number of nitrogens with one attached hydrogen (secondary N) is 1. The van der Waals surface area contributed by atoms with E-state index in [1.165, 1.54) is 5.56 Å². The van der Waals surface area contributed by atoms with Crippen molar-refractivity contribution in [2.75, 3.05) is 11.9 Å². The topological polar surface area (TPSA) is 68.2 Å². The minimum absolute atomic E-state index is 0.263. The Balaban J connectivity index is 2.26. The van der Waals surface area contributed by atoms with Gasteiger partial charge in [-0.3, -0.25) is 0 Å². The lowest BCUT2D eigenvalue weighted by molar-refractivity contribution is 0.520. The fraction of sp³-hybridized carbons (Fsp3) is 0.538. The van der Waals surface area contributed by atoms with E-state index in [1.807, 2.05) is 10.6 Å². The third-order valence-electron chi connectivity index (χ3n) is 2.92. The molecular formula is C13H21N5. The first-order valence-electron chi connectivity index (χ1n) is 6.37. The number of hydrogen-bond donors (Lipinski definition) is 2. The van der Waals surface area contributed by atoms with E-state index >= 15 is 0 Å². The lowest BCUT2D eigenvalue weighted by Crippen LogP contribution is -2.31. The van der Waals surface area contributed by atoms with Crippen LogP contribution in [0.3, 0.4) is 0 Å². The molecule has 5 heteroatoms. The van der Waals surface area contributed by atoms with Gasteiger partial charge in [0.15, 0.2) is 5.65 Å². The zero-order valence-corrected chi connectivity index (χ0v) is 11.2. The monoisotopic (exact) mass is 247 g/mol. The molecule has 0 radical (unpaired) electrons. The molecule has 3 N–H and O–H groups in total. The maximum atomic E-state index is 5.82. The molecule has 1 atom stereocenters. The molecule has 0 aliphatic heterocycles. The lowest BCUT2D eigenvalue weighted by atomic mass is 10.0. The quantitative estimate of drug-likeness (QED) is 0.845. The summed E-state index contributed by atoms with van der Waals surface area (Å²) >= 11 is 0. The summed E-state index contributed by atoms with van der Waals surface area (Å²) < 4.78 is 1.82. The van der Waals surface area contributed by atoms with Gasteiger partial charge < -0.3 is 11.1 Å². The Morgan fingerprint density at radius 2 is 2.17 bits per heavy atom. The van der Waals surface area contributed by atoms with E-state index in [0.29, 0.717) is 12.5 Å². The van der Waals surface area contributed by atoms with Crippen molar-refractivity contribution >= 4 is 11.5 Å². The van der Waals surface area contributed by atoms with Crippen LogP contribution in [0.15, 0.2) is 18.5 Å². The van der Waals surface area contributed by atoms with Crippen molar-refractivity contribution in [1.29, 1.82) is 0 Å². The van der Waals surface area contributed by atoms with Crippen LogP contribution in [0.25, 0.3) is 5.65 Å². The highest BCUT2D eigenvalue weighted by atomic mass is 15.3. The summed E-state index contributed by atoms with van der Waals surface area (Å²) in [5.74, 6) is 1.57. The Hall–Kier alpha value is -1.62. The van der Waals surface area contributed by atoms with Crippen LogP contribution in [-0.4, -0.2) is 27.2 Å². The van der Waals surface area contributed by atoms with Crippen molar-refractivity contribution in [3.8, 4) is 0 Å². The molecule has 0 amide bonds. The SMILES string of the molecule is Cc1cc(NC(CN)CC(C)C)n2ncnc2c1. The van der Waals surface area contributed by atoms with Crippen LogP contribution in [-0.2, 0) is 0 Å². The number of pyridine rings is 1. The van der Waals surface area contributed by atoms with Crippen LogP contribution in [0.2, 0.25) is 0 Å². The standard InChI is InChI=1S/C13H21N5/c1-9(2)4-11(7-14)17-13-6-10(3)5-12-15-8-16-18(12)13/h5-6,8-9,11,17H,4,7,14H2,1-3H3. The van der Waals surface area contributed by atoms with Crippen molar-refractivity contribution < 1.29 is 0 Å². The minimum Gasteiger partial charge on any atom is -0.366 e. The maximum Gasteiger partial charge on any atom is 0.157 e. The molecule has 0 aliphatic rings. The Morgan fingerprint density at radius 3 is 2.83 bits per heavy atom. The summed E-state index contributed by atoms with van der Waals surface area (Å²) in [5, 5.41) is 7.69. The summed E-state index contributed by atoms with van der Waals surface area (Å²) in [6, 6.07) is 4.35. The first-order chi connectivity index (χ1) is 8.60. The number of nitrogens with two attached hydrogens (primary N) is 1. The maximum absolute atomic E-state index is 5.82. The molecule has 5 nitrogen and oxygen atoms in total. The van der Waals surface area contributed by atoms with E-state index in [2.05, 4.69) is 42.2 Å². The number of anilines is 1. The molecule has 2 aromatic rings. The molecule has 0 aromatic carbocycles. The molecule has 0 saturated heterocycles. The van der Waals surface area contributed by atoms with Gasteiger partial charge in [0.1, 0.15) is 12.1 Å². The number of aryl methyl sites for hydroxylation is 1. The second-order valence-corrected chi connectivity index (χ2v) is 5.15. The summed E-state index contributed by atoms with van der Waals surface area (Å²) in [4.78, 5) is 4.21. The largest absolute Gasteiger partial charge is 0.366 e. The normalized spacial score (nSPS) is 13.2. The smallest absolute Gasteiger partial charge is 0.157 e. The van der Waals surface area contributed by atoms with E-state index in [1.54, 1.807) is 6.33 Å². The molecule has 0 saturated carbocycles. The third-order valence-corrected chi connectivity index (χ3v) is 2.92. The molecule has 0 bridgehead atoms. The summed E-state index contributed by atoms with van der Waals surface area (Å²) in [6.07, 6.45) is 2.61. The molecular weight excluding hydrogens is 226 g/mol. The average Bonchev–Trinajstić information content (AvgIpc) is 2.75. The number of hydrogen-bond acceptors (Lipinski definition) is 4. The van der Waals surface area contributed by atoms with Crippen molar-refractivity contribution in [2.45, 2.75) is 33.2 Å². The second-order valence-electron chi connectivity index (χ2n) is 5.15. The van der Waals surface area contributed by atoms with Gasteiger partial charge >= 0.3 is 0 Å². The molecule has 0 aliphatic carbocycles. The average molecular weight is 247 g/mol. The highest BCUT2D eigenvalue weighted by molar-refractivity contribution is 5.51. The summed E-state index contributed by atoms with van der Waals surface area (Å²) in [5.41, 5.74) is 7.84. The second kappa shape index (κ2) is 5.35. The predicted molar refractivity (Wildman–Crippen MR) is 73.6 cm³/mol. The fourth-order valence-corrected chi connectivity index (χ4v) is 2.15. The van der Waals surface area contributed by atoms with Gasteiger partial charge in [-0.25, -0.2) is 4.98 Å². The zero-order chi connectivity index (χ0) is 13.1. The summed E-state index contributed by atoms with van der Waals surface area (Å²) in [7, 11) is 0. The number of aromatic nitrogens is 3. The zero-order valence-electron chi connectivity index (χ0n) is 11.2. The van der Waals surface area contributed by atoms with Gasteiger partial charge in [-0.15, -0.1) is 0 Å². The first kappa shape index (κ1) is 12.8. The van der Waals surface area contributed by atoms with Gasteiger partial charge in [0, 0.05) is 12.6 Å². The molecule has 18 heavy (non-hydrogen) atoms. The Bertz CT molecular complexity index is 517. The van der Waals surface area contributed by atoms with Crippen molar-refractivity contribution in [2.24, 2.45) is 11.7 Å². The molecule has 2 heterocycles. The van der Waals surface area contributed by atoms with Crippen LogP contribution >= 0.6 is 0 Å². The van der Waals surface area contributed by atoms with Gasteiger partial charge in [-0.1, -0.05) is 13.8 Å². The van der Waals surface area contributed by atoms with E-state index in [-0.39, 0.29) is 6.04 Å². The lowest BCUT2D eigenvalue weighted by Gasteiger charge is -2.20. The Kier molecular flexibility index (Phi) is 3.81. The molecule has 1 unspecified atom stereocenters. The van der Waals surface area contributed by atoms with Crippen LogP contribution in [0.4, 0.5) is 5.82 Å². The van der Waals surface area contributed by atoms with Crippen LogP contribution in [0, 0.1) is 12.8 Å². The van der Waals surface area contributed by atoms with Crippen LogP contribution in [0.5, 0.6) is 0 Å². The van der Waals surface area contributed by atoms with Gasteiger partial charge in [-0.2, -0.15) is 9.61 Å². The fourth-order valence-electron chi connectivity index (χ4n) is 2.15. The molecule has 98 valence electrons. The van der Waals surface area contributed by atoms with Crippen LogP contribution < -0.4 is 11.1 Å². The van der Waals surface area contributed by atoms with E-state index < -0.39 is 0 Å². The van der Waals surface area contributed by atoms with Gasteiger partial charge in [0.25, 0.3) is 0 Å². The number of rotatable bonds is 5. The highest BCUT2D eigenvalue weighted by Gasteiger charge is 2.11. The van der Waals surface area contributed by atoms with Gasteiger partial charge in [-0.05, 0) is 37.0 Å². The highest BCUT2D eigenvalue weighted by Crippen LogP contribution is 2.16. The number of fused-ring (bicyclic) bond motifs is 1. The molecule has 2 rings (SSSR count). The predicted octanol–water partition coefficient (Wildman–Crippen LogP) is 1.82. The van der Waals surface area contributed by atoms with Gasteiger partial charge in [0.2, 0.25) is 0 Å². The molecule has 0 spiro atoms. The van der Waals surface area contributed by atoms with E-state index in [0.717, 1.165) is 17.9 Å². The first-order valence-corrected chi connectivity index (χ1v) is 6.37. The number of nitrogens with zero attached hydrogens (tertiary/aromatic N) is 3. The van der Waals surface area contributed by atoms with E-state index in [4.69, 9.17) is 5.73 Å². The Labute approximate surface area is 107 Å². The third kappa shape index (κ3) is 2.79. The van der Waals surface area contributed by atoms with Crippen molar-refractivity contribution in [3.05, 3.63) is 24.0 Å². The molecule has 2 aromatic heterocycles.